The van der Waals surface area contributed by atoms with E-state index in [1.807, 2.05) is 13.8 Å². The summed E-state index contributed by atoms with van der Waals surface area (Å²) in [6.45, 7) is 3.66. The van der Waals surface area contributed by atoms with Crippen molar-refractivity contribution in [2.75, 3.05) is 5.73 Å². The number of nitrogen functional groups attached to an aromatic ring is 1. The van der Waals surface area contributed by atoms with Gasteiger partial charge in [0.05, 0.1) is 0 Å². The number of nitrogens with two attached hydrogens (primary N) is 1. The molecule has 0 saturated carbocycles. The van der Waals surface area contributed by atoms with Crippen molar-refractivity contribution >= 4 is 37.3 Å². The molecule has 6 N–H and O–H groups in total. The molecule has 1 rings (SSSR count). The van der Waals surface area contributed by atoms with Crippen molar-refractivity contribution in [2.45, 2.75) is 13.8 Å². The van der Waals surface area contributed by atoms with Crippen molar-refractivity contribution in [1.29, 1.82) is 0 Å². The zero-order valence-electron chi connectivity index (χ0n) is 13.4. The molecule has 23 heavy (non-hydrogen) atoms. The molecule has 0 spiro atoms. The first kappa shape index (κ1) is 40.5. The van der Waals surface area contributed by atoms with Crippen LogP contribution in [-0.4, -0.2) is 37.2 Å². The molecule has 1 aromatic carbocycles. The second-order valence-electron chi connectivity index (χ2n) is 3.14. The Morgan fingerprint density at radius 2 is 1.35 bits per heavy atom. The minimum atomic E-state index is -4.33. The molecule has 0 saturated heterocycles. The van der Waals surface area contributed by atoms with Gasteiger partial charge in [-0.2, -0.15) is 4.21 Å². The van der Waals surface area contributed by atoms with Gasteiger partial charge < -0.3 is 25.4 Å². The van der Waals surface area contributed by atoms with E-state index in [1.165, 1.54) is 0 Å². The van der Waals surface area contributed by atoms with Crippen LogP contribution in [0, 0.1) is 13.8 Å². The number of anilines is 1. The van der Waals surface area contributed by atoms with E-state index < -0.39 is 20.4 Å². The molecule has 0 heterocycles. The van der Waals surface area contributed by atoms with Gasteiger partial charge in [-0.1, -0.05) is 0 Å². The number of hydrogen-bond acceptors (Lipinski definition) is 8. The minimum Gasteiger partial charge on any atom is -0.870 e. The Kier molecular flexibility index (Phi) is 37.1. The molecule has 0 aliphatic carbocycles. The number of aromatic hydroxyl groups is 1. The topological polar surface area (TPSA) is 197 Å². The Morgan fingerprint density at radius 1 is 1.17 bits per heavy atom. The first-order valence-corrected chi connectivity index (χ1v) is 7.76. The van der Waals surface area contributed by atoms with Crippen molar-refractivity contribution in [3.8, 4) is 5.75 Å². The standard InChI is InChI=1S/C8H11NO.K.2Na.H2O3S2.H2O3S.H2O/c1-5-3-7(9)4-6(2)8(5)10;;;;1-5(2,3)4;1-4(2)3;/h3-4,10H,9H2,1-2H3;;;;(H2,1,2,3,4);(H2,1,2,3);1H2/q;3*+1;;;/p-3. The van der Waals surface area contributed by atoms with Crippen molar-refractivity contribution < 1.29 is 148 Å². The smallest absolute Gasteiger partial charge is 0.870 e. The van der Waals surface area contributed by atoms with E-state index in [4.69, 9.17) is 32.4 Å². The monoisotopic (exact) mass is 433 g/mol. The second-order valence-corrected chi connectivity index (χ2v) is 5.64. The number of hydrogen-bond donors (Lipinski definition) is 4. The van der Waals surface area contributed by atoms with E-state index in [0.717, 1.165) is 11.1 Å². The fraction of sp³-hybridized carbons (Fsp3) is 0.250. The van der Waals surface area contributed by atoms with Crippen LogP contribution in [0.2, 0.25) is 0 Å². The van der Waals surface area contributed by atoms with E-state index in [2.05, 4.69) is 11.2 Å². The van der Waals surface area contributed by atoms with Crippen LogP contribution < -0.4 is 116 Å². The predicted molar refractivity (Wildman–Crippen MR) is 74.4 cm³/mol. The van der Waals surface area contributed by atoms with Crippen LogP contribution in [0.15, 0.2) is 12.1 Å². The number of phenols is 1. The van der Waals surface area contributed by atoms with Crippen LogP contribution >= 0.6 is 0 Å². The molecule has 15 heteroatoms. The SMILES string of the molecule is Cc1cc(N)cc(C)c1O.O=S(O)O.O=S([O-])([O-])=S.[K+].[Na+].[Na+].[OH-]. The Hall–Kier alpha value is 2.78. The Balaban J connectivity index is -0.0000000488. The summed E-state index contributed by atoms with van der Waals surface area (Å²) in [7, 11) is -4.33. The minimum absolute atomic E-state index is 0. The Bertz CT molecular complexity index is 511. The molecule has 0 unspecified atom stereocenters. The Morgan fingerprint density at radius 3 is 1.52 bits per heavy atom. The maximum Gasteiger partial charge on any atom is 1.00 e. The van der Waals surface area contributed by atoms with Crippen LogP contribution in [0.4, 0.5) is 5.69 Å². The number of rotatable bonds is 0. The molecule has 0 fully saturated rings. The van der Waals surface area contributed by atoms with Gasteiger partial charge in [-0.15, -0.1) is 9.05 Å². The summed E-state index contributed by atoms with van der Waals surface area (Å²) in [5, 5.41) is 9.28. The van der Waals surface area contributed by atoms with Crippen LogP contribution in [0.5, 0.6) is 5.75 Å². The van der Waals surface area contributed by atoms with E-state index >= 15 is 0 Å². The first-order valence-electron chi connectivity index (χ1n) is 4.37. The molecule has 0 aromatic heterocycles. The molecular weight excluding hydrogens is 419 g/mol. The molecule has 0 aliphatic rings. The van der Waals surface area contributed by atoms with Gasteiger partial charge in [-0.05, 0) is 48.3 Å². The molecule has 0 amide bonds. The predicted octanol–water partition coefficient (Wildman–Crippen LogP) is -8.90. The summed E-state index contributed by atoms with van der Waals surface area (Å²) in [5.74, 6) is 0.342. The van der Waals surface area contributed by atoms with Crippen molar-refractivity contribution in [3.63, 3.8) is 0 Å². The van der Waals surface area contributed by atoms with E-state index in [1.54, 1.807) is 12.1 Å². The molecule has 0 radical (unpaired) electrons. The number of benzene rings is 1. The largest absolute Gasteiger partial charge is 1.00 e. The molecular formula is C8H14KNNa2O8S3. The van der Waals surface area contributed by atoms with Gasteiger partial charge in [0.2, 0.25) is 0 Å². The zero-order valence-corrected chi connectivity index (χ0v) is 23.0. The Labute approximate surface area is 229 Å². The van der Waals surface area contributed by atoms with Crippen LogP contribution in [0.3, 0.4) is 0 Å². The normalized spacial score (nSPS) is 8.30. The second kappa shape index (κ2) is 21.1. The summed E-state index contributed by atoms with van der Waals surface area (Å²) in [5.41, 5.74) is 7.88. The third-order valence-corrected chi connectivity index (χ3v) is 1.51. The van der Waals surface area contributed by atoms with Gasteiger partial charge in [0, 0.05) is 5.69 Å². The average molecular weight is 433 g/mol. The van der Waals surface area contributed by atoms with E-state index in [0.29, 0.717) is 11.4 Å². The fourth-order valence-corrected chi connectivity index (χ4v) is 0.989. The summed E-state index contributed by atoms with van der Waals surface area (Å²) in [6.07, 6.45) is 0. The summed E-state index contributed by atoms with van der Waals surface area (Å²) < 4.78 is 49.5. The molecule has 9 nitrogen and oxygen atoms in total. The zero-order chi connectivity index (χ0) is 15.8. The summed E-state index contributed by atoms with van der Waals surface area (Å²) >= 11 is 0.632. The third kappa shape index (κ3) is 36.5. The average Bonchev–Trinajstić information content (AvgIpc) is 2.10. The summed E-state index contributed by atoms with van der Waals surface area (Å²) in [4.78, 5) is 0. The fourth-order valence-electron chi connectivity index (χ4n) is 0.989. The van der Waals surface area contributed by atoms with Gasteiger partial charge in [-0.3, -0.25) is 13.3 Å². The van der Waals surface area contributed by atoms with Crippen molar-refractivity contribution in [3.05, 3.63) is 23.3 Å². The molecule has 1 aromatic rings. The van der Waals surface area contributed by atoms with Gasteiger partial charge in [-0.25, -0.2) is 0 Å². The molecule has 120 valence electrons. The van der Waals surface area contributed by atoms with Crippen LogP contribution in [0.25, 0.3) is 0 Å². The van der Waals surface area contributed by atoms with Gasteiger partial charge in [0.25, 0.3) is 11.4 Å². The maximum absolute atomic E-state index is 9.28. The van der Waals surface area contributed by atoms with Crippen molar-refractivity contribution in [2.24, 2.45) is 0 Å². The van der Waals surface area contributed by atoms with E-state index in [-0.39, 0.29) is 116 Å². The van der Waals surface area contributed by atoms with Gasteiger partial charge in [0.1, 0.15) is 5.75 Å². The molecule has 0 aliphatic heterocycles. The van der Waals surface area contributed by atoms with E-state index in [9.17, 15) is 5.11 Å². The van der Waals surface area contributed by atoms with Crippen LogP contribution in [0.1, 0.15) is 11.1 Å². The number of aryl methyl sites for hydroxylation is 2. The van der Waals surface area contributed by atoms with Gasteiger partial charge >= 0.3 is 110 Å². The summed E-state index contributed by atoms with van der Waals surface area (Å²) in [6, 6.07) is 3.50. The molecule has 0 atom stereocenters. The van der Waals surface area contributed by atoms with Gasteiger partial charge in [0.15, 0.2) is 0 Å². The maximum atomic E-state index is 9.28. The van der Waals surface area contributed by atoms with Crippen molar-refractivity contribution in [1.82, 2.24) is 0 Å². The molecule has 0 bridgehead atoms. The third-order valence-electron chi connectivity index (χ3n) is 1.51. The van der Waals surface area contributed by atoms with Crippen LogP contribution in [-0.2, 0) is 31.6 Å². The quantitative estimate of drug-likeness (QED) is 0.132. The first-order chi connectivity index (χ1) is 8.34. The number of phenolic OH excluding ortho intramolecular Hbond substituents is 1.